The van der Waals surface area contributed by atoms with Crippen molar-refractivity contribution < 1.29 is 9.13 Å². The average molecular weight is 313 g/mol. The first kappa shape index (κ1) is 13.3. The summed E-state index contributed by atoms with van der Waals surface area (Å²) >= 11 is 3.14. The van der Waals surface area contributed by atoms with Gasteiger partial charge in [0.25, 0.3) is 0 Å². The van der Waals surface area contributed by atoms with Crippen molar-refractivity contribution in [2.45, 2.75) is 19.4 Å². The highest BCUT2D eigenvalue weighted by Gasteiger charge is 2.25. The van der Waals surface area contributed by atoms with Crippen LogP contribution in [0.3, 0.4) is 0 Å². The molecule has 1 aromatic carbocycles. The van der Waals surface area contributed by atoms with Gasteiger partial charge in [-0.15, -0.1) is 0 Å². The van der Waals surface area contributed by atoms with Crippen LogP contribution in [0.25, 0.3) is 0 Å². The highest BCUT2D eigenvalue weighted by atomic mass is 79.9. The maximum atomic E-state index is 14.3. The van der Waals surface area contributed by atoms with E-state index in [0.29, 0.717) is 31.0 Å². The fraction of sp³-hybridized carbons (Fsp3) is 0.462. The summed E-state index contributed by atoms with van der Waals surface area (Å²) in [7, 11) is 0. The number of anilines is 1. The zero-order chi connectivity index (χ0) is 13.1. The maximum absolute atomic E-state index is 14.3. The zero-order valence-corrected chi connectivity index (χ0v) is 11.7. The maximum Gasteiger partial charge on any atom is 0.161 e. The number of nitriles is 1. The molecule has 1 aliphatic heterocycles. The molecule has 1 aromatic rings. The van der Waals surface area contributed by atoms with Crippen LogP contribution >= 0.6 is 15.9 Å². The topological polar surface area (TPSA) is 36.3 Å². The Morgan fingerprint density at radius 2 is 2.39 bits per heavy atom. The second-order valence-corrected chi connectivity index (χ2v) is 5.00. The van der Waals surface area contributed by atoms with Crippen molar-refractivity contribution in [1.82, 2.24) is 0 Å². The van der Waals surface area contributed by atoms with Gasteiger partial charge in [0.15, 0.2) is 5.82 Å². The number of halogens is 2. The summed E-state index contributed by atoms with van der Waals surface area (Å²) < 4.78 is 19.9. The predicted octanol–water partition coefficient (Wildman–Crippen LogP) is 3.08. The minimum Gasteiger partial charge on any atom is -0.377 e. The molecule has 1 aliphatic rings. The number of rotatable bonds is 2. The Kier molecular flexibility index (Phi) is 4.20. The van der Waals surface area contributed by atoms with Crippen molar-refractivity contribution in [3.8, 4) is 6.07 Å². The normalized spacial score (nSPS) is 19.7. The predicted molar refractivity (Wildman–Crippen MR) is 71.1 cm³/mol. The second kappa shape index (κ2) is 5.68. The Labute approximate surface area is 114 Å². The lowest BCUT2D eigenvalue weighted by Gasteiger charge is -2.37. The van der Waals surface area contributed by atoms with Crippen molar-refractivity contribution in [2.75, 3.05) is 24.7 Å². The van der Waals surface area contributed by atoms with Crippen LogP contribution in [0.4, 0.5) is 10.1 Å². The number of morpholine rings is 1. The molecule has 0 radical (unpaired) electrons. The molecule has 1 fully saturated rings. The van der Waals surface area contributed by atoms with Crippen LogP contribution in [0.1, 0.15) is 18.9 Å². The molecule has 0 amide bonds. The molecule has 2 rings (SSSR count). The van der Waals surface area contributed by atoms with Gasteiger partial charge >= 0.3 is 0 Å². The molecule has 0 N–H and O–H groups in total. The second-order valence-electron chi connectivity index (χ2n) is 4.20. The van der Waals surface area contributed by atoms with Gasteiger partial charge in [-0.05, 0) is 34.5 Å². The molecule has 0 saturated carbocycles. The van der Waals surface area contributed by atoms with Gasteiger partial charge in [0.2, 0.25) is 0 Å². The largest absolute Gasteiger partial charge is 0.377 e. The van der Waals surface area contributed by atoms with Crippen molar-refractivity contribution in [1.29, 1.82) is 5.26 Å². The van der Waals surface area contributed by atoms with Gasteiger partial charge in [-0.1, -0.05) is 6.92 Å². The van der Waals surface area contributed by atoms with E-state index in [-0.39, 0.29) is 16.3 Å². The standard InChI is InChI=1S/C13H14BrFN2O/c1-2-10-8-18-6-5-17(10)11-4-3-9(7-16)12(14)13(11)15/h3-4,10H,2,5-6,8H2,1H3. The van der Waals surface area contributed by atoms with Crippen molar-refractivity contribution >= 4 is 21.6 Å². The summed E-state index contributed by atoms with van der Waals surface area (Å²) in [5, 5.41) is 8.86. The van der Waals surface area contributed by atoms with Gasteiger partial charge in [0.05, 0.1) is 35.0 Å². The van der Waals surface area contributed by atoms with Crippen LogP contribution in [0.5, 0.6) is 0 Å². The fourth-order valence-electron chi connectivity index (χ4n) is 2.16. The summed E-state index contributed by atoms with van der Waals surface area (Å²) in [6.45, 7) is 3.96. The van der Waals surface area contributed by atoms with E-state index in [1.54, 1.807) is 12.1 Å². The molecule has 5 heteroatoms. The number of hydrogen-bond donors (Lipinski definition) is 0. The van der Waals surface area contributed by atoms with Crippen molar-refractivity contribution in [3.63, 3.8) is 0 Å². The summed E-state index contributed by atoms with van der Waals surface area (Å²) in [6, 6.07) is 5.47. The molecular formula is C13H14BrFN2O. The summed E-state index contributed by atoms with van der Waals surface area (Å²) in [5.74, 6) is -0.366. The third-order valence-electron chi connectivity index (χ3n) is 3.19. The molecule has 0 aromatic heterocycles. The quantitative estimate of drug-likeness (QED) is 0.842. The lowest BCUT2D eigenvalue weighted by atomic mass is 10.1. The lowest BCUT2D eigenvalue weighted by Crippen LogP contribution is -2.45. The Morgan fingerprint density at radius 1 is 1.61 bits per heavy atom. The lowest BCUT2D eigenvalue weighted by molar-refractivity contribution is 0.0926. The minimum absolute atomic E-state index is 0.188. The van der Waals surface area contributed by atoms with Gasteiger partial charge in [0.1, 0.15) is 6.07 Å². The van der Waals surface area contributed by atoms with Gasteiger partial charge in [-0.25, -0.2) is 4.39 Å². The first-order chi connectivity index (χ1) is 8.69. The Balaban J connectivity index is 2.38. The third kappa shape index (κ3) is 2.36. The smallest absolute Gasteiger partial charge is 0.161 e. The van der Waals surface area contributed by atoms with Gasteiger partial charge < -0.3 is 9.64 Å². The van der Waals surface area contributed by atoms with Crippen LogP contribution in [0, 0.1) is 17.1 Å². The van der Waals surface area contributed by atoms with E-state index in [9.17, 15) is 4.39 Å². The van der Waals surface area contributed by atoms with E-state index >= 15 is 0 Å². The molecule has 18 heavy (non-hydrogen) atoms. The average Bonchev–Trinajstić information content (AvgIpc) is 2.42. The number of hydrogen-bond acceptors (Lipinski definition) is 3. The number of benzene rings is 1. The highest BCUT2D eigenvalue weighted by Crippen LogP contribution is 2.31. The number of nitrogens with zero attached hydrogens (tertiary/aromatic N) is 2. The van der Waals surface area contributed by atoms with Crippen LogP contribution in [-0.4, -0.2) is 25.8 Å². The molecule has 1 atom stereocenters. The third-order valence-corrected chi connectivity index (χ3v) is 3.97. The molecule has 0 aliphatic carbocycles. The molecule has 1 saturated heterocycles. The molecule has 1 unspecified atom stereocenters. The van der Waals surface area contributed by atoms with Gasteiger partial charge in [0, 0.05) is 6.54 Å². The molecule has 0 spiro atoms. The fourth-order valence-corrected chi connectivity index (χ4v) is 2.58. The molecule has 96 valence electrons. The van der Waals surface area contributed by atoms with Gasteiger partial charge in [-0.3, -0.25) is 0 Å². The molecular weight excluding hydrogens is 299 g/mol. The Hall–Kier alpha value is -1.12. The van der Waals surface area contributed by atoms with Crippen LogP contribution in [0.2, 0.25) is 0 Å². The molecule has 3 nitrogen and oxygen atoms in total. The van der Waals surface area contributed by atoms with Crippen LogP contribution in [-0.2, 0) is 4.74 Å². The monoisotopic (exact) mass is 312 g/mol. The summed E-state index contributed by atoms with van der Waals surface area (Å²) in [6.07, 6.45) is 0.900. The SMILES string of the molecule is CCC1COCCN1c1ccc(C#N)c(Br)c1F. The number of ether oxygens (including phenoxy) is 1. The van der Waals surface area contributed by atoms with E-state index in [4.69, 9.17) is 10.00 Å². The van der Waals surface area contributed by atoms with E-state index in [1.807, 2.05) is 11.0 Å². The highest BCUT2D eigenvalue weighted by molar-refractivity contribution is 9.10. The first-order valence-corrected chi connectivity index (χ1v) is 6.70. The molecule has 0 bridgehead atoms. The minimum atomic E-state index is -0.366. The van der Waals surface area contributed by atoms with Crippen molar-refractivity contribution in [2.24, 2.45) is 0 Å². The Morgan fingerprint density at radius 3 is 3.06 bits per heavy atom. The van der Waals surface area contributed by atoms with Crippen molar-refractivity contribution in [3.05, 3.63) is 28.0 Å². The van der Waals surface area contributed by atoms with Crippen LogP contribution < -0.4 is 4.90 Å². The van der Waals surface area contributed by atoms with Gasteiger partial charge in [-0.2, -0.15) is 5.26 Å². The van der Waals surface area contributed by atoms with E-state index < -0.39 is 0 Å². The van der Waals surface area contributed by atoms with E-state index in [1.165, 1.54) is 0 Å². The summed E-state index contributed by atoms with van der Waals surface area (Å²) in [5.41, 5.74) is 0.855. The van der Waals surface area contributed by atoms with E-state index in [0.717, 1.165) is 6.42 Å². The summed E-state index contributed by atoms with van der Waals surface area (Å²) in [4.78, 5) is 2.02. The van der Waals surface area contributed by atoms with Crippen LogP contribution in [0.15, 0.2) is 16.6 Å². The van der Waals surface area contributed by atoms with E-state index in [2.05, 4.69) is 22.9 Å². The molecule has 1 heterocycles. The Bertz CT molecular complexity index is 487. The zero-order valence-electron chi connectivity index (χ0n) is 10.1. The first-order valence-electron chi connectivity index (χ1n) is 5.91.